The second kappa shape index (κ2) is 6.76. The molecule has 0 heterocycles. The third kappa shape index (κ3) is 5.22. The molecule has 0 aliphatic rings. The predicted molar refractivity (Wildman–Crippen MR) is 70.6 cm³/mol. The van der Waals surface area contributed by atoms with Gasteiger partial charge in [0.25, 0.3) is 5.91 Å². The molecule has 0 aromatic heterocycles. The summed E-state index contributed by atoms with van der Waals surface area (Å²) in [5.74, 6) is -0.732. The molecule has 2 N–H and O–H groups in total. The van der Waals surface area contributed by atoms with Crippen LogP contribution in [0.3, 0.4) is 0 Å². The highest BCUT2D eigenvalue weighted by atomic mass is 32.2. The zero-order valence-electron chi connectivity index (χ0n) is 11.1. The monoisotopic (exact) mass is 306 g/mol. The lowest BCUT2D eigenvalue weighted by molar-refractivity contribution is -0.118. The normalized spacial score (nSPS) is 14.2. The fourth-order valence-electron chi connectivity index (χ4n) is 1.42. The number of hydrogen-bond acceptors (Lipinski definition) is 3. The standard InChI is InChI=1S/C12H16F2N2O3S/c1-8(2)6-11(17)16-20(15,18)10-5-3-4-9(7-10)19-12(13)14/h3-5,7-8,12H,6H2,1-2H3,(H2,15,16,17,18). The van der Waals surface area contributed by atoms with Crippen LogP contribution >= 0.6 is 0 Å². The molecule has 1 unspecified atom stereocenters. The molecule has 0 fully saturated rings. The van der Waals surface area contributed by atoms with Gasteiger partial charge in [0.2, 0.25) is 0 Å². The van der Waals surface area contributed by atoms with E-state index in [0.717, 1.165) is 6.07 Å². The molecule has 0 aliphatic carbocycles. The average Bonchev–Trinajstić information content (AvgIpc) is 2.26. The van der Waals surface area contributed by atoms with Gasteiger partial charge in [-0.15, -0.1) is 4.36 Å². The summed E-state index contributed by atoms with van der Waals surface area (Å²) < 4.78 is 44.0. The van der Waals surface area contributed by atoms with E-state index in [2.05, 4.69) is 9.10 Å². The van der Waals surface area contributed by atoms with Gasteiger partial charge in [-0.25, -0.2) is 9.35 Å². The summed E-state index contributed by atoms with van der Waals surface area (Å²) in [4.78, 5) is 11.5. The highest BCUT2D eigenvalue weighted by molar-refractivity contribution is 7.91. The Balaban J connectivity index is 3.06. The molecule has 1 aromatic rings. The third-order valence-electron chi connectivity index (χ3n) is 2.19. The van der Waals surface area contributed by atoms with Crippen LogP contribution in [0.5, 0.6) is 5.75 Å². The van der Waals surface area contributed by atoms with Crippen LogP contribution in [0.25, 0.3) is 0 Å². The van der Waals surface area contributed by atoms with Crippen molar-refractivity contribution in [3.05, 3.63) is 24.3 Å². The fraction of sp³-hybridized carbons (Fsp3) is 0.417. The number of hydrogen-bond donors (Lipinski definition) is 1. The average molecular weight is 306 g/mol. The molecular formula is C12H16F2N2O3S. The number of rotatable bonds is 5. The molecule has 0 saturated carbocycles. The molecule has 1 amide bonds. The van der Waals surface area contributed by atoms with Crippen molar-refractivity contribution in [3.63, 3.8) is 0 Å². The number of benzene rings is 1. The van der Waals surface area contributed by atoms with Gasteiger partial charge in [0.05, 0.1) is 4.90 Å². The van der Waals surface area contributed by atoms with Crippen LogP contribution in [0, 0.1) is 5.92 Å². The van der Waals surface area contributed by atoms with Crippen molar-refractivity contribution >= 4 is 15.8 Å². The summed E-state index contributed by atoms with van der Waals surface area (Å²) in [6.45, 7) is 0.615. The first kappa shape index (κ1) is 16.5. The van der Waals surface area contributed by atoms with E-state index >= 15 is 0 Å². The van der Waals surface area contributed by atoms with Crippen molar-refractivity contribution < 1.29 is 22.5 Å². The van der Waals surface area contributed by atoms with Crippen LogP contribution < -0.4 is 9.88 Å². The van der Waals surface area contributed by atoms with Crippen LogP contribution in [0.1, 0.15) is 20.3 Å². The number of carbonyl (C=O) groups excluding carboxylic acids is 1. The Labute approximate surface area is 116 Å². The summed E-state index contributed by atoms with van der Waals surface area (Å²) in [5.41, 5.74) is 0. The SMILES string of the molecule is CC(C)CC(=O)N=S(N)(=O)c1cccc(OC(F)F)c1. The maximum absolute atomic E-state index is 12.2. The lowest BCUT2D eigenvalue weighted by Gasteiger charge is -2.08. The van der Waals surface area contributed by atoms with Crippen molar-refractivity contribution in [1.82, 2.24) is 0 Å². The van der Waals surface area contributed by atoms with Crippen molar-refractivity contribution in [3.8, 4) is 5.75 Å². The van der Waals surface area contributed by atoms with Crippen molar-refractivity contribution in [1.29, 1.82) is 0 Å². The van der Waals surface area contributed by atoms with Gasteiger partial charge in [0.1, 0.15) is 15.7 Å². The minimum absolute atomic E-state index is 0.0345. The van der Waals surface area contributed by atoms with E-state index in [4.69, 9.17) is 5.14 Å². The van der Waals surface area contributed by atoms with Crippen LogP contribution in [-0.2, 0) is 14.7 Å². The number of carbonyl (C=O) groups is 1. The molecule has 0 aliphatic heterocycles. The number of halogens is 2. The summed E-state index contributed by atoms with van der Waals surface area (Å²) in [6.07, 6.45) is 0.113. The Morgan fingerprint density at radius 3 is 2.65 bits per heavy atom. The predicted octanol–water partition coefficient (Wildman–Crippen LogP) is 2.56. The van der Waals surface area contributed by atoms with Crippen molar-refractivity contribution in [2.24, 2.45) is 15.4 Å². The van der Waals surface area contributed by atoms with Gasteiger partial charge in [-0.05, 0) is 24.1 Å². The van der Waals surface area contributed by atoms with E-state index in [1.54, 1.807) is 0 Å². The summed E-state index contributed by atoms with van der Waals surface area (Å²) >= 11 is 0. The van der Waals surface area contributed by atoms with Gasteiger partial charge in [0, 0.05) is 6.42 Å². The molecule has 0 radical (unpaired) electrons. The molecule has 1 aromatic carbocycles. The van der Waals surface area contributed by atoms with Gasteiger partial charge >= 0.3 is 6.61 Å². The molecule has 112 valence electrons. The zero-order valence-corrected chi connectivity index (χ0v) is 11.9. The van der Waals surface area contributed by atoms with E-state index in [1.807, 2.05) is 13.8 Å². The van der Waals surface area contributed by atoms with Gasteiger partial charge in [-0.3, -0.25) is 4.79 Å². The van der Waals surface area contributed by atoms with E-state index in [-0.39, 0.29) is 23.0 Å². The van der Waals surface area contributed by atoms with E-state index in [0.29, 0.717) is 0 Å². The Kier molecular flexibility index (Phi) is 5.58. The quantitative estimate of drug-likeness (QED) is 0.907. The molecule has 8 heteroatoms. The first-order chi connectivity index (χ1) is 9.20. The maximum atomic E-state index is 12.2. The fourth-order valence-corrected chi connectivity index (χ4v) is 2.46. The number of amides is 1. The molecule has 0 spiro atoms. The Morgan fingerprint density at radius 1 is 1.45 bits per heavy atom. The molecular weight excluding hydrogens is 290 g/mol. The van der Waals surface area contributed by atoms with Crippen LogP contribution in [0.15, 0.2) is 33.5 Å². The zero-order chi connectivity index (χ0) is 15.3. The molecule has 5 nitrogen and oxygen atoms in total. The minimum atomic E-state index is -3.46. The molecule has 0 bridgehead atoms. The highest BCUT2D eigenvalue weighted by Crippen LogP contribution is 2.19. The topological polar surface area (TPSA) is 81.8 Å². The van der Waals surface area contributed by atoms with Crippen LogP contribution in [-0.4, -0.2) is 16.7 Å². The first-order valence-corrected chi connectivity index (χ1v) is 7.41. The molecule has 1 atom stereocenters. The van der Waals surface area contributed by atoms with Crippen LogP contribution in [0.4, 0.5) is 8.78 Å². The maximum Gasteiger partial charge on any atom is 0.387 e. The van der Waals surface area contributed by atoms with E-state index in [1.165, 1.54) is 18.2 Å². The van der Waals surface area contributed by atoms with E-state index in [9.17, 15) is 17.8 Å². The third-order valence-corrected chi connectivity index (χ3v) is 3.59. The lowest BCUT2D eigenvalue weighted by Crippen LogP contribution is -2.16. The summed E-state index contributed by atoms with van der Waals surface area (Å²) in [6, 6.07) is 5.04. The van der Waals surface area contributed by atoms with Gasteiger partial charge < -0.3 is 4.74 Å². The smallest absolute Gasteiger partial charge is 0.387 e. The van der Waals surface area contributed by atoms with Gasteiger partial charge in [-0.2, -0.15) is 8.78 Å². The lowest BCUT2D eigenvalue weighted by atomic mass is 10.1. The van der Waals surface area contributed by atoms with E-state index < -0.39 is 22.4 Å². The molecule has 1 rings (SSSR count). The van der Waals surface area contributed by atoms with Crippen LogP contribution in [0.2, 0.25) is 0 Å². The minimum Gasteiger partial charge on any atom is -0.435 e. The number of ether oxygens (including phenoxy) is 1. The number of nitrogens with two attached hydrogens (primary N) is 1. The largest absolute Gasteiger partial charge is 0.435 e. The highest BCUT2D eigenvalue weighted by Gasteiger charge is 2.13. The Bertz CT molecular complexity index is 596. The Morgan fingerprint density at radius 2 is 2.10 bits per heavy atom. The second-order valence-electron chi connectivity index (χ2n) is 4.51. The first-order valence-electron chi connectivity index (χ1n) is 5.83. The molecule has 20 heavy (non-hydrogen) atoms. The molecule has 0 saturated heterocycles. The number of nitrogens with zero attached hydrogens (tertiary/aromatic N) is 1. The van der Waals surface area contributed by atoms with Gasteiger partial charge in [-0.1, -0.05) is 19.9 Å². The van der Waals surface area contributed by atoms with Crippen molar-refractivity contribution in [2.75, 3.05) is 0 Å². The second-order valence-corrected chi connectivity index (χ2v) is 6.30. The Hall–Kier alpha value is -1.54. The van der Waals surface area contributed by atoms with Gasteiger partial charge in [0.15, 0.2) is 0 Å². The van der Waals surface area contributed by atoms with Crippen molar-refractivity contribution in [2.45, 2.75) is 31.8 Å². The number of alkyl halides is 2. The summed E-state index contributed by atoms with van der Waals surface area (Å²) in [7, 11) is -3.46. The summed E-state index contributed by atoms with van der Waals surface area (Å²) in [5, 5.41) is 5.51.